The normalized spacial score (nSPS) is 14.2. The van der Waals surface area contributed by atoms with Gasteiger partial charge in [-0.25, -0.2) is 4.39 Å². The Kier molecular flexibility index (Phi) is 5.32. The SMILES string of the molecule is Cc1cccc(N2CCN(c3nncc(NCc4ccccc4F)n3)CC2)c1. The number of benzene rings is 2. The zero-order valence-electron chi connectivity index (χ0n) is 15.8. The lowest BCUT2D eigenvalue weighted by molar-refractivity contribution is 0.612. The number of rotatable bonds is 5. The van der Waals surface area contributed by atoms with Crippen LogP contribution in [0.5, 0.6) is 0 Å². The van der Waals surface area contributed by atoms with E-state index in [0.717, 1.165) is 26.2 Å². The van der Waals surface area contributed by atoms with Crippen molar-refractivity contribution in [2.75, 3.05) is 41.3 Å². The van der Waals surface area contributed by atoms with Crippen LogP contribution in [0.15, 0.2) is 54.7 Å². The molecule has 6 nitrogen and oxygen atoms in total. The second kappa shape index (κ2) is 8.21. The van der Waals surface area contributed by atoms with Gasteiger partial charge in [0.05, 0.1) is 6.20 Å². The molecule has 1 saturated heterocycles. The summed E-state index contributed by atoms with van der Waals surface area (Å²) in [4.78, 5) is 9.06. The molecule has 1 fully saturated rings. The Morgan fingerprint density at radius 3 is 2.57 bits per heavy atom. The Hall–Kier alpha value is -3.22. The van der Waals surface area contributed by atoms with Gasteiger partial charge in [-0.05, 0) is 30.7 Å². The minimum atomic E-state index is -0.232. The predicted molar refractivity (Wildman–Crippen MR) is 109 cm³/mol. The minimum absolute atomic E-state index is 0.232. The smallest absolute Gasteiger partial charge is 0.247 e. The predicted octanol–water partition coefficient (Wildman–Crippen LogP) is 3.26. The Balaban J connectivity index is 1.38. The van der Waals surface area contributed by atoms with Gasteiger partial charge in [-0.3, -0.25) is 0 Å². The molecule has 0 spiro atoms. The third-order valence-electron chi connectivity index (χ3n) is 4.89. The molecule has 0 atom stereocenters. The highest BCUT2D eigenvalue weighted by Gasteiger charge is 2.20. The van der Waals surface area contributed by atoms with Crippen LogP contribution in [0.25, 0.3) is 0 Å². The van der Waals surface area contributed by atoms with Crippen LogP contribution >= 0.6 is 0 Å². The fourth-order valence-electron chi connectivity index (χ4n) is 3.33. The van der Waals surface area contributed by atoms with Crippen LogP contribution in [0.1, 0.15) is 11.1 Å². The van der Waals surface area contributed by atoms with Gasteiger partial charge in [0.2, 0.25) is 5.95 Å². The maximum absolute atomic E-state index is 13.8. The summed E-state index contributed by atoms with van der Waals surface area (Å²) in [5, 5.41) is 11.4. The van der Waals surface area contributed by atoms with Crippen LogP contribution in [0.3, 0.4) is 0 Å². The van der Waals surface area contributed by atoms with E-state index < -0.39 is 0 Å². The number of anilines is 3. The van der Waals surface area contributed by atoms with Gasteiger partial charge in [0.15, 0.2) is 5.82 Å². The lowest BCUT2D eigenvalue weighted by Crippen LogP contribution is -2.47. The van der Waals surface area contributed by atoms with E-state index in [1.807, 2.05) is 6.07 Å². The first-order chi connectivity index (χ1) is 13.7. The van der Waals surface area contributed by atoms with E-state index in [1.54, 1.807) is 18.3 Å². The average molecular weight is 378 g/mol. The summed E-state index contributed by atoms with van der Waals surface area (Å²) in [6.07, 6.45) is 1.56. The molecule has 28 heavy (non-hydrogen) atoms. The first-order valence-electron chi connectivity index (χ1n) is 9.42. The van der Waals surface area contributed by atoms with Gasteiger partial charge in [-0.2, -0.15) is 10.1 Å². The third-order valence-corrected chi connectivity index (χ3v) is 4.89. The molecular weight excluding hydrogens is 355 g/mol. The van der Waals surface area contributed by atoms with Crippen LogP contribution < -0.4 is 15.1 Å². The van der Waals surface area contributed by atoms with Crippen molar-refractivity contribution in [3.05, 3.63) is 71.7 Å². The Morgan fingerprint density at radius 2 is 1.79 bits per heavy atom. The van der Waals surface area contributed by atoms with Gasteiger partial charge >= 0.3 is 0 Å². The molecule has 1 aliphatic heterocycles. The zero-order valence-corrected chi connectivity index (χ0v) is 15.8. The number of halogens is 1. The number of nitrogens with zero attached hydrogens (tertiary/aromatic N) is 5. The highest BCUT2D eigenvalue weighted by atomic mass is 19.1. The van der Waals surface area contributed by atoms with Crippen LogP contribution in [0.2, 0.25) is 0 Å². The summed E-state index contributed by atoms with van der Waals surface area (Å²) in [6.45, 7) is 5.92. The molecule has 1 aliphatic rings. The van der Waals surface area contributed by atoms with Crippen molar-refractivity contribution < 1.29 is 4.39 Å². The minimum Gasteiger partial charge on any atom is -0.368 e. The van der Waals surface area contributed by atoms with E-state index in [9.17, 15) is 4.39 Å². The highest BCUT2D eigenvalue weighted by molar-refractivity contribution is 5.50. The Morgan fingerprint density at radius 1 is 1.00 bits per heavy atom. The fourth-order valence-corrected chi connectivity index (χ4v) is 3.33. The summed E-state index contributed by atoms with van der Waals surface area (Å²) in [6, 6.07) is 15.3. The number of aryl methyl sites for hydroxylation is 1. The summed E-state index contributed by atoms with van der Waals surface area (Å²) in [7, 11) is 0. The highest BCUT2D eigenvalue weighted by Crippen LogP contribution is 2.20. The van der Waals surface area contributed by atoms with Gasteiger partial charge in [0.25, 0.3) is 0 Å². The molecule has 0 saturated carbocycles. The van der Waals surface area contributed by atoms with Crippen molar-refractivity contribution in [3.8, 4) is 0 Å². The van der Waals surface area contributed by atoms with Crippen molar-refractivity contribution in [2.45, 2.75) is 13.5 Å². The van der Waals surface area contributed by atoms with E-state index >= 15 is 0 Å². The van der Waals surface area contributed by atoms with Crippen molar-refractivity contribution in [3.63, 3.8) is 0 Å². The first kappa shape index (κ1) is 18.2. The second-order valence-corrected chi connectivity index (χ2v) is 6.90. The molecule has 0 aliphatic carbocycles. The zero-order chi connectivity index (χ0) is 19.3. The Labute approximate surface area is 164 Å². The van der Waals surface area contributed by atoms with Gasteiger partial charge < -0.3 is 15.1 Å². The number of hydrogen-bond donors (Lipinski definition) is 1. The van der Waals surface area contributed by atoms with Crippen molar-refractivity contribution in [1.29, 1.82) is 0 Å². The number of aromatic nitrogens is 3. The molecular formula is C21H23FN6. The average Bonchev–Trinajstić information content (AvgIpc) is 2.73. The van der Waals surface area contributed by atoms with Gasteiger partial charge in [0, 0.05) is 44.0 Å². The molecule has 2 aromatic carbocycles. The van der Waals surface area contributed by atoms with Crippen LogP contribution in [-0.2, 0) is 6.54 Å². The molecule has 3 aromatic rings. The van der Waals surface area contributed by atoms with Gasteiger partial charge in [-0.1, -0.05) is 30.3 Å². The maximum Gasteiger partial charge on any atom is 0.247 e. The molecule has 0 amide bonds. The largest absolute Gasteiger partial charge is 0.368 e. The Bertz CT molecular complexity index is 939. The summed E-state index contributed by atoms with van der Waals surface area (Å²) in [5.74, 6) is 0.960. The maximum atomic E-state index is 13.8. The number of hydrogen-bond acceptors (Lipinski definition) is 6. The van der Waals surface area contributed by atoms with Crippen LogP contribution in [0, 0.1) is 12.7 Å². The topological polar surface area (TPSA) is 57.2 Å². The van der Waals surface area contributed by atoms with Gasteiger partial charge in [-0.15, -0.1) is 5.10 Å². The number of piperazine rings is 1. The molecule has 2 heterocycles. The molecule has 0 bridgehead atoms. The van der Waals surface area contributed by atoms with E-state index in [0.29, 0.717) is 23.9 Å². The molecule has 0 radical (unpaired) electrons. The van der Waals surface area contributed by atoms with Crippen molar-refractivity contribution in [1.82, 2.24) is 15.2 Å². The van der Waals surface area contributed by atoms with Crippen molar-refractivity contribution in [2.24, 2.45) is 0 Å². The second-order valence-electron chi connectivity index (χ2n) is 6.90. The lowest BCUT2D eigenvalue weighted by atomic mass is 10.2. The molecule has 1 N–H and O–H groups in total. The summed E-state index contributed by atoms with van der Waals surface area (Å²) < 4.78 is 13.8. The lowest BCUT2D eigenvalue weighted by Gasteiger charge is -2.36. The quantitative estimate of drug-likeness (QED) is 0.736. The van der Waals surface area contributed by atoms with Gasteiger partial charge in [0.1, 0.15) is 5.82 Å². The summed E-state index contributed by atoms with van der Waals surface area (Å²) >= 11 is 0. The van der Waals surface area contributed by atoms with Crippen LogP contribution in [0.4, 0.5) is 21.8 Å². The van der Waals surface area contributed by atoms with Crippen molar-refractivity contribution >= 4 is 17.5 Å². The molecule has 7 heteroatoms. The van der Waals surface area contributed by atoms with E-state index in [1.165, 1.54) is 17.3 Å². The summed E-state index contributed by atoms with van der Waals surface area (Å²) in [5.41, 5.74) is 3.11. The first-order valence-corrected chi connectivity index (χ1v) is 9.42. The molecule has 0 unspecified atom stereocenters. The van der Waals surface area contributed by atoms with E-state index in [4.69, 9.17) is 0 Å². The van der Waals surface area contributed by atoms with E-state index in [-0.39, 0.29) is 5.82 Å². The molecule has 4 rings (SSSR count). The van der Waals surface area contributed by atoms with E-state index in [2.05, 4.69) is 61.5 Å². The van der Waals surface area contributed by atoms with Crippen LogP contribution in [-0.4, -0.2) is 41.4 Å². The molecule has 144 valence electrons. The monoisotopic (exact) mass is 378 g/mol. The fraction of sp³-hybridized carbons (Fsp3) is 0.286. The number of nitrogens with one attached hydrogen (secondary N) is 1. The standard InChI is InChI=1S/C21H23FN6/c1-16-5-4-7-18(13-16)27-9-11-28(12-10-27)21-25-20(15-24-26-21)23-14-17-6-2-3-8-19(17)22/h2-8,13,15H,9-12,14H2,1H3,(H,23,25,26). The molecule has 1 aromatic heterocycles. The third kappa shape index (κ3) is 4.19.